The standard InChI is InChI=1S/C15H28N2.2HI/c1-5-16-13-10-9-11-15(16)12-14-17(6-2,7-3)8-4;;/h9-11,13H,5-8,12,14H2,1-4H3;2*1H/q+2;;/p-2. The Morgan fingerprint density at radius 1 is 0.947 bits per heavy atom. The van der Waals surface area contributed by atoms with Crippen LogP contribution in [-0.4, -0.2) is 30.7 Å². The number of rotatable bonds is 7. The van der Waals surface area contributed by atoms with Crippen molar-refractivity contribution in [3.05, 3.63) is 30.1 Å². The number of pyridine rings is 1. The van der Waals surface area contributed by atoms with Crippen LogP contribution in [0.25, 0.3) is 0 Å². The van der Waals surface area contributed by atoms with Crippen LogP contribution in [0.2, 0.25) is 0 Å². The molecule has 1 aromatic rings. The maximum absolute atomic E-state index is 2.36. The third kappa shape index (κ3) is 6.25. The van der Waals surface area contributed by atoms with Crippen LogP contribution in [0, 0.1) is 0 Å². The lowest BCUT2D eigenvalue weighted by molar-refractivity contribution is -0.923. The van der Waals surface area contributed by atoms with E-state index in [4.69, 9.17) is 0 Å². The second-order valence-electron chi connectivity index (χ2n) is 4.74. The molecule has 112 valence electrons. The van der Waals surface area contributed by atoms with Crippen LogP contribution < -0.4 is 52.5 Å². The first kappa shape index (κ1) is 21.9. The number of nitrogens with zero attached hydrogens (tertiary/aromatic N) is 2. The third-order valence-corrected chi connectivity index (χ3v) is 4.23. The van der Waals surface area contributed by atoms with Gasteiger partial charge in [0, 0.05) is 12.1 Å². The molecule has 0 atom stereocenters. The molecule has 0 fully saturated rings. The van der Waals surface area contributed by atoms with Crippen LogP contribution in [0.5, 0.6) is 0 Å². The SMILES string of the molecule is CC[n+]1ccccc1CC[N+](CC)(CC)CC.[I-].[I-]. The largest absolute Gasteiger partial charge is 1.00 e. The summed E-state index contributed by atoms with van der Waals surface area (Å²) in [5.74, 6) is 0. The molecule has 0 amide bonds. The highest BCUT2D eigenvalue weighted by Gasteiger charge is 2.22. The summed E-state index contributed by atoms with van der Waals surface area (Å²) >= 11 is 0. The molecule has 1 rings (SSSR count). The molecule has 0 aliphatic heterocycles. The van der Waals surface area contributed by atoms with Gasteiger partial charge in [0.1, 0.15) is 6.54 Å². The summed E-state index contributed by atoms with van der Waals surface area (Å²) in [6.45, 7) is 15.2. The Balaban J connectivity index is 0. The summed E-state index contributed by atoms with van der Waals surface area (Å²) < 4.78 is 3.59. The molecule has 0 N–H and O–H groups in total. The van der Waals surface area contributed by atoms with Crippen LogP contribution in [0.3, 0.4) is 0 Å². The minimum absolute atomic E-state index is 0. The van der Waals surface area contributed by atoms with Crippen LogP contribution in [-0.2, 0) is 13.0 Å². The van der Waals surface area contributed by atoms with Gasteiger partial charge in [0.15, 0.2) is 11.9 Å². The zero-order valence-electron chi connectivity index (χ0n) is 12.7. The summed E-state index contributed by atoms with van der Waals surface area (Å²) in [4.78, 5) is 0. The Morgan fingerprint density at radius 3 is 2.00 bits per heavy atom. The summed E-state index contributed by atoms with van der Waals surface area (Å²) in [5.41, 5.74) is 1.47. The normalized spacial score (nSPS) is 10.5. The fourth-order valence-corrected chi connectivity index (χ4v) is 2.54. The molecule has 0 saturated carbocycles. The van der Waals surface area contributed by atoms with E-state index in [-0.39, 0.29) is 48.0 Å². The fourth-order valence-electron chi connectivity index (χ4n) is 2.54. The molecule has 4 heteroatoms. The van der Waals surface area contributed by atoms with E-state index in [0.29, 0.717) is 0 Å². The van der Waals surface area contributed by atoms with Gasteiger partial charge < -0.3 is 52.4 Å². The van der Waals surface area contributed by atoms with Crippen molar-refractivity contribution in [3.8, 4) is 0 Å². The molecule has 0 bridgehead atoms. The van der Waals surface area contributed by atoms with Gasteiger partial charge in [-0.2, -0.15) is 0 Å². The van der Waals surface area contributed by atoms with E-state index in [2.05, 4.69) is 56.7 Å². The van der Waals surface area contributed by atoms with Crippen molar-refractivity contribution < 1.29 is 57.0 Å². The zero-order valence-corrected chi connectivity index (χ0v) is 17.0. The lowest BCUT2D eigenvalue weighted by atomic mass is 10.2. The Kier molecular flexibility index (Phi) is 12.9. The first-order valence-corrected chi connectivity index (χ1v) is 7.03. The number of aryl methyl sites for hydroxylation is 1. The summed E-state index contributed by atoms with van der Waals surface area (Å²) in [5, 5.41) is 0. The molecule has 1 heterocycles. The monoisotopic (exact) mass is 490 g/mol. The molecule has 0 spiro atoms. The van der Waals surface area contributed by atoms with E-state index in [1.807, 2.05) is 0 Å². The highest BCUT2D eigenvalue weighted by molar-refractivity contribution is 4.97. The quantitative estimate of drug-likeness (QED) is 0.212. The van der Waals surface area contributed by atoms with Crippen LogP contribution >= 0.6 is 0 Å². The van der Waals surface area contributed by atoms with Gasteiger partial charge in [0.05, 0.1) is 32.6 Å². The predicted molar refractivity (Wildman–Crippen MR) is 72.8 cm³/mol. The molecule has 1 aromatic heterocycles. The Morgan fingerprint density at radius 2 is 1.53 bits per heavy atom. The van der Waals surface area contributed by atoms with Gasteiger partial charge in [-0.05, 0) is 27.7 Å². The second-order valence-corrected chi connectivity index (χ2v) is 4.74. The van der Waals surface area contributed by atoms with E-state index < -0.39 is 0 Å². The number of hydrogen-bond acceptors (Lipinski definition) is 0. The summed E-state index contributed by atoms with van der Waals surface area (Å²) in [7, 11) is 0. The summed E-state index contributed by atoms with van der Waals surface area (Å²) in [6.07, 6.45) is 3.37. The molecule has 2 nitrogen and oxygen atoms in total. The van der Waals surface area contributed by atoms with Crippen molar-refractivity contribution in [1.82, 2.24) is 0 Å². The Bertz CT molecular complexity index is 330. The van der Waals surface area contributed by atoms with Crippen molar-refractivity contribution in [2.75, 3.05) is 26.2 Å². The van der Waals surface area contributed by atoms with Gasteiger partial charge in [-0.15, -0.1) is 0 Å². The molecule has 0 radical (unpaired) electrons. The maximum atomic E-state index is 2.36. The van der Waals surface area contributed by atoms with Gasteiger partial charge in [-0.25, -0.2) is 4.57 Å². The van der Waals surface area contributed by atoms with Crippen molar-refractivity contribution in [3.63, 3.8) is 0 Å². The maximum Gasteiger partial charge on any atom is 0.186 e. The third-order valence-electron chi connectivity index (χ3n) is 4.23. The number of hydrogen-bond donors (Lipinski definition) is 0. The van der Waals surface area contributed by atoms with E-state index in [1.165, 1.54) is 42.8 Å². The van der Waals surface area contributed by atoms with Crippen molar-refractivity contribution in [2.45, 2.75) is 40.7 Å². The van der Waals surface area contributed by atoms with Crippen LogP contribution in [0.15, 0.2) is 24.4 Å². The number of likely N-dealkylation sites (N-methyl/N-ethyl adjacent to an activating group) is 1. The Hall–Kier alpha value is 0.570. The van der Waals surface area contributed by atoms with Crippen LogP contribution in [0.4, 0.5) is 0 Å². The average molecular weight is 490 g/mol. The molecule has 0 unspecified atom stereocenters. The molecule has 0 aliphatic rings. The van der Waals surface area contributed by atoms with Crippen molar-refractivity contribution in [2.24, 2.45) is 0 Å². The first-order chi connectivity index (χ1) is 8.21. The fraction of sp³-hybridized carbons (Fsp3) is 0.667. The highest BCUT2D eigenvalue weighted by Crippen LogP contribution is 2.08. The van der Waals surface area contributed by atoms with E-state index in [1.54, 1.807) is 0 Å². The van der Waals surface area contributed by atoms with E-state index >= 15 is 0 Å². The van der Waals surface area contributed by atoms with Gasteiger partial charge in [-0.3, -0.25) is 0 Å². The first-order valence-electron chi connectivity index (χ1n) is 7.03. The number of quaternary nitrogens is 1. The molecule has 0 aromatic carbocycles. The molecule has 0 aliphatic carbocycles. The highest BCUT2D eigenvalue weighted by atomic mass is 127. The zero-order chi connectivity index (χ0) is 12.7. The smallest absolute Gasteiger partial charge is 0.186 e. The average Bonchev–Trinajstić information content (AvgIpc) is 2.41. The minimum Gasteiger partial charge on any atom is -1.00 e. The second kappa shape index (κ2) is 11.3. The van der Waals surface area contributed by atoms with Gasteiger partial charge >= 0.3 is 0 Å². The number of aromatic nitrogens is 1. The van der Waals surface area contributed by atoms with Crippen molar-refractivity contribution in [1.29, 1.82) is 0 Å². The van der Waals surface area contributed by atoms with Crippen molar-refractivity contribution >= 4 is 0 Å². The minimum atomic E-state index is 0. The van der Waals surface area contributed by atoms with Crippen LogP contribution in [0.1, 0.15) is 33.4 Å². The summed E-state index contributed by atoms with van der Waals surface area (Å²) in [6, 6.07) is 6.54. The number of halogens is 2. The lowest BCUT2D eigenvalue weighted by Crippen LogP contribution is -3.00. The molecular weight excluding hydrogens is 462 g/mol. The van der Waals surface area contributed by atoms with E-state index in [0.717, 1.165) is 6.54 Å². The van der Waals surface area contributed by atoms with E-state index in [9.17, 15) is 0 Å². The lowest BCUT2D eigenvalue weighted by Gasteiger charge is -2.35. The predicted octanol–water partition coefficient (Wildman–Crippen LogP) is -3.58. The molecule has 0 saturated heterocycles. The topological polar surface area (TPSA) is 3.88 Å². The molecular formula is C15H28I2N2. The van der Waals surface area contributed by atoms with Gasteiger partial charge in [0.2, 0.25) is 0 Å². The Labute approximate surface area is 153 Å². The van der Waals surface area contributed by atoms with Gasteiger partial charge in [-0.1, -0.05) is 6.07 Å². The molecule has 19 heavy (non-hydrogen) atoms. The van der Waals surface area contributed by atoms with Gasteiger partial charge in [0.25, 0.3) is 0 Å².